The number of hydrogen-bond acceptors (Lipinski definition) is 2. The average molecular weight is 328 g/mol. The largest absolute Gasteiger partial charge is 0.416 e. The first kappa shape index (κ1) is 18.7. The average Bonchev–Trinajstić information content (AvgIpc) is 2.44. The SMILES string of the molecule is CC(=CC(=O)NCC(C)(C)C(N)=O)c1ccccc1C(F)(F)F. The summed E-state index contributed by atoms with van der Waals surface area (Å²) in [4.78, 5) is 23.0. The quantitative estimate of drug-likeness (QED) is 0.816. The van der Waals surface area contributed by atoms with Gasteiger partial charge >= 0.3 is 6.18 Å². The maximum atomic E-state index is 13.0. The Labute approximate surface area is 132 Å². The maximum Gasteiger partial charge on any atom is 0.416 e. The van der Waals surface area contributed by atoms with E-state index < -0.39 is 29.0 Å². The number of rotatable bonds is 5. The van der Waals surface area contributed by atoms with E-state index in [9.17, 15) is 22.8 Å². The third-order valence-electron chi connectivity index (χ3n) is 3.38. The fourth-order valence-electron chi connectivity index (χ4n) is 1.79. The molecule has 2 amide bonds. The van der Waals surface area contributed by atoms with Crippen LogP contribution in [0.25, 0.3) is 5.57 Å². The molecule has 23 heavy (non-hydrogen) atoms. The molecule has 0 aliphatic rings. The highest BCUT2D eigenvalue weighted by Crippen LogP contribution is 2.34. The van der Waals surface area contributed by atoms with Crippen molar-refractivity contribution in [3.8, 4) is 0 Å². The highest BCUT2D eigenvalue weighted by atomic mass is 19.4. The van der Waals surface area contributed by atoms with Gasteiger partial charge in [-0.2, -0.15) is 13.2 Å². The molecule has 1 rings (SSSR count). The van der Waals surface area contributed by atoms with Gasteiger partial charge in [0.2, 0.25) is 11.8 Å². The van der Waals surface area contributed by atoms with E-state index in [1.54, 1.807) is 13.8 Å². The Hall–Kier alpha value is -2.31. The van der Waals surface area contributed by atoms with Crippen LogP contribution >= 0.6 is 0 Å². The summed E-state index contributed by atoms with van der Waals surface area (Å²) >= 11 is 0. The number of nitrogens with two attached hydrogens (primary N) is 1. The molecule has 0 spiro atoms. The van der Waals surface area contributed by atoms with Gasteiger partial charge in [-0.25, -0.2) is 0 Å². The van der Waals surface area contributed by atoms with Crippen LogP contribution in [0.15, 0.2) is 30.3 Å². The molecule has 0 bridgehead atoms. The topological polar surface area (TPSA) is 72.2 Å². The molecule has 0 aromatic heterocycles. The molecule has 4 nitrogen and oxygen atoms in total. The van der Waals surface area contributed by atoms with Crippen LogP contribution in [-0.2, 0) is 15.8 Å². The predicted octanol–water partition coefficient (Wildman–Crippen LogP) is 2.74. The Bertz CT molecular complexity index is 634. The van der Waals surface area contributed by atoms with Gasteiger partial charge in [-0.1, -0.05) is 18.2 Å². The van der Waals surface area contributed by atoms with E-state index in [0.717, 1.165) is 12.1 Å². The van der Waals surface area contributed by atoms with E-state index in [0.29, 0.717) is 0 Å². The van der Waals surface area contributed by atoms with Crippen molar-refractivity contribution in [1.82, 2.24) is 5.32 Å². The zero-order valence-electron chi connectivity index (χ0n) is 13.1. The Balaban J connectivity index is 2.94. The highest BCUT2D eigenvalue weighted by molar-refractivity contribution is 5.95. The van der Waals surface area contributed by atoms with E-state index in [1.807, 2.05) is 0 Å². The van der Waals surface area contributed by atoms with Crippen LogP contribution in [0.5, 0.6) is 0 Å². The number of carbonyl (C=O) groups is 2. The van der Waals surface area contributed by atoms with Gasteiger partial charge < -0.3 is 11.1 Å². The Morgan fingerprint density at radius 1 is 1.22 bits per heavy atom. The van der Waals surface area contributed by atoms with Gasteiger partial charge in [0.05, 0.1) is 11.0 Å². The van der Waals surface area contributed by atoms with Gasteiger partial charge in [0.15, 0.2) is 0 Å². The Morgan fingerprint density at radius 3 is 2.30 bits per heavy atom. The Morgan fingerprint density at radius 2 is 1.78 bits per heavy atom. The lowest BCUT2D eigenvalue weighted by molar-refractivity contribution is -0.137. The molecule has 1 aromatic carbocycles. The van der Waals surface area contributed by atoms with Crippen molar-refractivity contribution in [3.63, 3.8) is 0 Å². The summed E-state index contributed by atoms with van der Waals surface area (Å²) in [5.74, 6) is -1.17. The molecule has 0 radical (unpaired) electrons. The summed E-state index contributed by atoms with van der Waals surface area (Å²) in [6, 6.07) is 5.02. The van der Waals surface area contributed by atoms with Crippen LogP contribution in [0.1, 0.15) is 31.9 Å². The van der Waals surface area contributed by atoms with Crippen LogP contribution in [0.2, 0.25) is 0 Å². The van der Waals surface area contributed by atoms with Crippen LogP contribution in [0.3, 0.4) is 0 Å². The van der Waals surface area contributed by atoms with Gasteiger partial charge in [0.25, 0.3) is 0 Å². The lowest BCUT2D eigenvalue weighted by Gasteiger charge is -2.20. The fraction of sp³-hybridized carbons (Fsp3) is 0.375. The van der Waals surface area contributed by atoms with E-state index in [2.05, 4.69) is 5.32 Å². The van der Waals surface area contributed by atoms with Crippen molar-refractivity contribution in [1.29, 1.82) is 0 Å². The second kappa shape index (κ2) is 6.85. The minimum absolute atomic E-state index is 0.00807. The number of amides is 2. The molecule has 0 aliphatic heterocycles. The summed E-state index contributed by atoms with van der Waals surface area (Å²) < 4.78 is 38.9. The molecule has 0 heterocycles. The lowest BCUT2D eigenvalue weighted by Crippen LogP contribution is -2.42. The normalized spacial score (nSPS) is 12.9. The zero-order valence-corrected chi connectivity index (χ0v) is 13.1. The summed E-state index contributed by atoms with van der Waals surface area (Å²) in [5, 5.41) is 2.47. The Kier molecular flexibility index (Phi) is 5.58. The van der Waals surface area contributed by atoms with Gasteiger partial charge in [0.1, 0.15) is 0 Å². The molecular formula is C16H19F3N2O2. The number of halogens is 3. The first-order valence-corrected chi connectivity index (χ1v) is 6.88. The maximum absolute atomic E-state index is 13.0. The first-order chi connectivity index (χ1) is 10.4. The minimum Gasteiger partial charge on any atom is -0.369 e. The van der Waals surface area contributed by atoms with Gasteiger partial charge in [-0.3, -0.25) is 9.59 Å². The van der Waals surface area contributed by atoms with Crippen molar-refractivity contribution in [2.24, 2.45) is 11.1 Å². The molecule has 126 valence electrons. The number of carbonyl (C=O) groups excluding carboxylic acids is 2. The number of benzene rings is 1. The highest BCUT2D eigenvalue weighted by Gasteiger charge is 2.33. The molecule has 1 aromatic rings. The molecule has 7 heteroatoms. The third-order valence-corrected chi connectivity index (χ3v) is 3.38. The van der Waals surface area contributed by atoms with E-state index in [4.69, 9.17) is 5.73 Å². The summed E-state index contributed by atoms with van der Waals surface area (Å²) in [7, 11) is 0. The van der Waals surface area contributed by atoms with Crippen molar-refractivity contribution in [3.05, 3.63) is 41.5 Å². The van der Waals surface area contributed by atoms with E-state index in [1.165, 1.54) is 25.1 Å². The number of nitrogens with one attached hydrogen (secondary N) is 1. The monoisotopic (exact) mass is 328 g/mol. The van der Waals surface area contributed by atoms with Crippen LogP contribution in [0.4, 0.5) is 13.2 Å². The lowest BCUT2D eigenvalue weighted by atomic mass is 9.93. The molecule has 0 saturated heterocycles. The molecule has 0 unspecified atom stereocenters. The van der Waals surface area contributed by atoms with Crippen molar-refractivity contribution < 1.29 is 22.8 Å². The molecule has 0 aliphatic carbocycles. The van der Waals surface area contributed by atoms with Crippen molar-refractivity contribution in [2.75, 3.05) is 6.54 Å². The number of primary amides is 1. The molecule has 0 fully saturated rings. The predicted molar refractivity (Wildman–Crippen MR) is 81.1 cm³/mol. The molecule has 3 N–H and O–H groups in total. The standard InChI is InChI=1S/C16H19F3N2O2/c1-10(8-13(22)21-9-15(2,3)14(20)23)11-6-4-5-7-12(11)16(17,18)19/h4-8H,9H2,1-3H3,(H2,20,23)(H,21,22). The summed E-state index contributed by atoms with van der Waals surface area (Å²) in [6.07, 6.45) is -3.43. The molecule has 0 saturated carbocycles. The fourth-order valence-corrected chi connectivity index (χ4v) is 1.79. The van der Waals surface area contributed by atoms with Gasteiger partial charge in [0, 0.05) is 12.6 Å². The second-order valence-electron chi connectivity index (χ2n) is 5.84. The first-order valence-electron chi connectivity index (χ1n) is 6.88. The molecule has 0 atom stereocenters. The number of hydrogen-bond donors (Lipinski definition) is 2. The van der Waals surface area contributed by atoms with Crippen molar-refractivity contribution >= 4 is 17.4 Å². The summed E-state index contributed by atoms with van der Waals surface area (Å²) in [6.45, 7) is 4.53. The van der Waals surface area contributed by atoms with Gasteiger partial charge in [-0.05, 0) is 38.0 Å². The van der Waals surface area contributed by atoms with Crippen molar-refractivity contribution in [2.45, 2.75) is 26.9 Å². The molecular weight excluding hydrogens is 309 g/mol. The number of allylic oxidation sites excluding steroid dienone is 1. The van der Waals surface area contributed by atoms with Gasteiger partial charge in [-0.15, -0.1) is 0 Å². The van der Waals surface area contributed by atoms with E-state index in [-0.39, 0.29) is 17.7 Å². The number of alkyl halides is 3. The minimum atomic E-state index is -4.50. The van der Waals surface area contributed by atoms with E-state index >= 15 is 0 Å². The van der Waals surface area contributed by atoms with Crippen LogP contribution in [-0.4, -0.2) is 18.4 Å². The van der Waals surface area contributed by atoms with Crippen LogP contribution < -0.4 is 11.1 Å². The van der Waals surface area contributed by atoms with Crippen LogP contribution in [0, 0.1) is 5.41 Å². The zero-order chi connectivity index (χ0) is 17.8. The third kappa shape index (κ3) is 5.12. The smallest absolute Gasteiger partial charge is 0.369 e. The summed E-state index contributed by atoms with van der Waals surface area (Å²) in [5.41, 5.74) is 3.54. The second-order valence-corrected chi connectivity index (χ2v) is 5.84.